The van der Waals surface area contributed by atoms with Gasteiger partial charge in [0.25, 0.3) is 0 Å². The lowest BCUT2D eigenvalue weighted by Gasteiger charge is -2.25. The van der Waals surface area contributed by atoms with Gasteiger partial charge in [0, 0.05) is 28.2 Å². The van der Waals surface area contributed by atoms with Gasteiger partial charge >= 0.3 is 0 Å². The Labute approximate surface area is 255 Å². The summed E-state index contributed by atoms with van der Waals surface area (Å²) in [7, 11) is 1.69. The third-order valence-corrected chi connectivity index (χ3v) is 7.77. The number of nitrogens with zero attached hydrogens (tertiary/aromatic N) is 2. The Bertz CT molecular complexity index is 1750. The molecule has 0 atom stereocenters. The number of ether oxygens (including phenoxy) is 1. The lowest BCUT2D eigenvalue weighted by Crippen LogP contribution is -2.09. The summed E-state index contributed by atoms with van der Waals surface area (Å²) in [5, 5.41) is 0. The van der Waals surface area contributed by atoms with Crippen molar-refractivity contribution in [3.63, 3.8) is 0 Å². The van der Waals surface area contributed by atoms with Crippen LogP contribution in [0.5, 0.6) is 5.75 Å². The number of pyridine rings is 1. The van der Waals surface area contributed by atoms with Crippen LogP contribution >= 0.6 is 0 Å². The first kappa shape index (κ1) is 28.0. The Morgan fingerprint density at radius 2 is 1.05 bits per heavy atom. The zero-order chi connectivity index (χ0) is 29.4. The maximum absolute atomic E-state index is 5.41. The van der Waals surface area contributed by atoms with E-state index in [1.807, 2.05) is 24.3 Å². The molecule has 0 amide bonds. The first-order chi connectivity index (χ1) is 21.2. The highest BCUT2D eigenvalue weighted by Gasteiger charge is 2.14. The third-order valence-electron chi connectivity index (χ3n) is 7.77. The first-order valence-electron chi connectivity index (χ1n) is 15.0. The van der Waals surface area contributed by atoms with E-state index in [2.05, 4.69) is 133 Å². The molecule has 0 fully saturated rings. The SMILES string of the molecule is CCCCc1ccc(-c2cc(-c3ccc(N(c4ccccc4)c4ccc(OC)cc4)cc3)cc(-c3ccccc3)n2)cc1. The maximum Gasteiger partial charge on any atom is 0.119 e. The number of hydrogen-bond acceptors (Lipinski definition) is 3. The molecule has 0 spiro atoms. The van der Waals surface area contributed by atoms with Crippen molar-refractivity contribution >= 4 is 17.1 Å². The molecular formula is C40H36N2O. The first-order valence-corrected chi connectivity index (χ1v) is 15.0. The van der Waals surface area contributed by atoms with Crippen molar-refractivity contribution in [2.45, 2.75) is 26.2 Å². The minimum absolute atomic E-state index is 0.838. The van der Waals surface area contributed by atoms with Crippen LogP contribution in [0.25, 0.3) is 33.6 Å². The fourth-order valence-corrected chi connectivity index (χ4v) is 5.38. The summed E-state index contributed by atoms with van der Waals surface area (Å²) in [5.41, 5.74) is 11.1. The van der Waals surface area contributed by atoms with Crippen LogP contribution in [0.1, 0.15) is 25.3 Å². The number of aryl methyl sites for hydroxylation is 1. The molecule has 0 aliphatic heterocycles. The summed E-state index contributed by atoms with van der Waals surface area (Å²) in [6, 6.07) is 51.2. The Morgan fingerprint density at radius 1 is 0.535 bits per heavy atom. The van der Waals surface area contributed by atoms with Gasteiger partial charge in [0.05, 0.1) is 18.5 Å². The van der Waals surface area contributed by atoms with Gasteiger partial charge < -0.3 is 9.64 Å². The van der Waals surface area contributed by atoms with Crippen LogP contribution in [0.15, 0.2) is 146 Å². The molecular weight excluding hydrogens is 524 g/mol. The predicted molar refractivity (Wildman–Crippen MR) is 180 cm³/mol. The van der Waals surface area contributed by atoms with E-state index in [0.29, 0.717) is 0 Å². The molecule has 0 aliphatic rings. The van der Waals surface area contributed by atoms with E-state index in [9.17, 15) is 0 Å². The highest BCUT2D eigenvalue weighted by molar-refractivity contribution is 5.81. The minimum Gasteiger partial charge on any atom is -0.497 e. The lowest BCUT2D eigenvalue weighted by atomic mass is 9.98. The molecule has 0 unspecified atom stereocenters. The number of hydrogen-bond donors (Lipinski definition) is 0. The molecule has 1 aromatic heterocycles. The number of anilines is 3. The molecule has 0 saturated heterocycles. The summed E-state index contributed by atoms with van der Waals surface area (Å²) in [6.07, 6.45) is 3.53. The Hall–Kier alpha value is -5.15. The van der Waals surface area contributed by atoms with Crippen molar-refractivity contribution in [1.29, 1.82) is 0 Å². The van der Waals surface area contributed by atoms with Crippen molar-refractivity contribution in [1.82, 2.24) is 4.98 Å². The Balaban J connectivity index is 1.39. The van der Waals surface area contributed by atoms with Gasteiger partial charge in [-0.1, -0.05) is 98.3 Å². The Morgan fingerprint density at radius 3 is 1.63 bits per heavy atom. The van der Waals surface area contributed by atoms with Gasteiger partial charge in [-0.2, -0.15) is 0 Å². The second-order valence-corrected chi connectivity index (χ2v) is 10.7. The summed E-state index contributed by atoms with van der Waals surface area (Å²) < 4.78 is 5.41. The summed E-state index contributed by atoms with van der Waals surface area (Å²) in [4.78, 5) is 7.37. The van der Waals surface area contributed by atoms with Gasteiger partial charge in [-0.15, -0.1) is 0 Å². The lowest BCUT2D eigenvalue weighted by molar-refractivity contribution is 0.415. The molecule has 0 aliphatic carbocycles. The molecule has 6 aromatic rings. The second kappa shape index (κ2) is 13.2. The van der Waals surface area contributed by atoms with Crippen LogP contribution in [0, 0.1) is 0 Å². The average Bonchev–Trinajstić information content (AvgIpc) is 3.09. The number of aromatic nitrogens is 1. The van der Waals surface area contributed by atoms with Gasteiger partial charge in [-0.25, -0.2) is 4.98 Å². The molecule has 5 aromatic carbocycles. The number of para-hydroxylation sites is 1. The zero-order valence-electron chi connectivity index (χ0n) is 24.8. The highest BCUT2D eigenvalue weighted by atomic mass is 16.5. The van der Waals surface area contributed by atoms with Crippen molar-refractivity contribution < 1.29 is 4.74 Å². The van der Waals surface area contributed by atoms with E-state index in [1.54, 1.807) is 7.11 Å². The fraction of sp³-hybridized carbons (Fsp3) is 0.125. The molecule has 3 nitrogen and oxygen atoms in total. The number of methoxy groups -OCH3 is 1. The fourth-order valence-electron chi connectivity index (χ4n) is 5.38. The molecule has 43 heavy (non-hydrogen) atoms. The molecule has 0 N–H and O–H groups in total. The van der Waals surface area contributed by atoms with E-state index >= 15 is 0 Å². The third kappa shape index (κ3) is 6.52. The average molecular weight is 561 g/mol. The van der Waals surface area contributed by atoms with E-state index < -0.39 is 0 Å². The van der Waals surface area contributed by atoms with Crippen molar-refractivity contribution in [3.8, 4) is 39.4 Å². The van der Waals surface area contributed by atoms with Gasteiger partial charge in [-0.3, -0.25) is 0 Å². The van der Waals surface area contributed by atoms with Crippen LogP contribution in [-0.4, -0.2) is 12.1 Å². The normalized spacial score (nSPS) is 10.8. The molecule has 6 rings (SSSR count). The van der Waals surface area contributed by atoms with Crippen molar-refractivity contribution in [2.24, 2.45) is 0 Å². The summed E-state index contributed by atoms with van der Waals surface area (Å²) in [5.74, 6) is 0.838. The van der Waals surface area contributed by atoms with E-state index in [4.69, 9.17) is 9.72 Å². The number of unbranched alkanes of at least 4 members (excludes halogenated alkanes) is 1. The van der Waals surface area contributed by atoms with E-state index in [0.717, 1.165) is 62.9 Å². The monoisotopic (exact) mass is 560 g/mol. The second-order valence-electron chi connectivity index (χ2n) is 10.7. The van der Waals surface area contributed by atoms with Crippen LogP contribution in [0.3, 0.4) is 0 Å². The van der Waals surface area contributed by atoms with Gasteiger partial charge in [0.15, 0.2) is 0 Å². The topological polar surface area (TPSA) is 25.4 Å². The number of benzene rings is 5. The molecule has 1 heterocycles. The van der Waals surface area contributed by atoms with Crippen LogP contribution < -0.4 is 9.64 Å². The smallest absolute Gasteiger partial charge is 0.119 e. The van der Waals surface area contributed by atoms with E-state index in [-0.39, 0.29) is 0 Å². The Kier molecular flexibility index (Phi) is 8.61. The van der Waals surface area contributed by atoms with Crippen LogP contribution in [0.4, 0.5) is 17.1 Å². The van der Waals surface area contributed by atoms with Gasteiger partial charge in [-0.05, 0) is 90.2 Å². The van der Waals surface area contributed by atoms with Gasteiger partial charge in [0.2, 0.25) is 0 Å². The molecule has 0 saturated carbocycles. The van der Waals surface area contributed by atoms with Crippen molar-refractivity contribution in [3.05, 3.63) is 151 Å². The summed E-state index contributed by atoms with van der Waals surface area (Å²) >= 11 is 0. The maximum atomic E-state index is 5.41. The largest absolute Gasteiger partial charge is 0.497 e. The molecule has 0 bridgehead atoms. The summed E-state index contributed by atoms with van der Waals surface area (Å²) in [6.45, 7) is 2.24. The quantitative estimate of drug-likeness (QED) is 0.167. The minimum atomic E-state index is 0.838. The highest BCUT2D eigenvalue weighted by Crippen LogP contribution is 2.37. The molecule has 0 radical (unpaired) electrons. The predicted octanol–water partition coefficient (Wildman–Crippen LogP) is 10.9. The molecule has 212 valence electrons. The van der Waals surface area contributed by atoms with Gasteiger partial charge in [0.1, 0.15) is 5.75 Å². The van der Waals surface area contributed by atoms with Crippen LogP contribution in [0.2, 0.25) is 0 Å². The van der Waals surface area contributed by atoms with Crippen LogP contribution in [-0.2, 0) is 6.42 Å². The molecule has 3 heteroatoms. The standard InChI is InChI=1S/C40H36N2O/c1-3-4-11-30-16-18-33(19-17-30)40-29-34(28-39(41-40)32-12-7-5-8-13-32)31-20-22-36(23-21-31)42(35-14-9-6-10-15-35)37-24-26-38(43-2)27-25-37/h5-10,12-29H,3-4,11H2,1-2H3. The number of rotatable bonds is 10. The van der Waals surface area contributed by atoms with Crippen molar-refractivity contribution in [2.75, 3.05) is 12.0 Å². The van der Waals surface area contributed by atoms with E-state index in [1.165, 1.54) is 18.4 Å². The zero-order valence-corrected chi connectivity index (χ0v) is 24.8.